The Bertz CT molecular complexity index is 391. The Labute approximate surface area is 103 Å². The Morgan fingerprint density at radius 1 is 1.47 bits per heavy atom. The summed E-state index contributed by atoms with van der Waals surface area (Å²) in [6, 6.07) is 1.16. The van der Waals surface area contributed by atoms with Gasteiger partial charge in [-0.3, -0.25) is 0 Å². The molecule has 2 heterocycles. The van der Waals surface area contributed by atoms with E-state index in [-0.39, 0.29) is 0 Å². The maximum absolute atomic E-state index is 5.79. The van der Waals surface area contributed by atoms with Gasteiger partial charge in [0, 0.05) is 30.4 Å². The van der Waals surface area contributed by atoms with Crippen LogP contribution < -0.4 is 10.6 Å². The Hall–Kier alpha value is -1.16. The first-order valence-corrected chi connectivity index (χ1v) is 6.48. The monoisotopic (exact) mass is 234 g/mol. The second-order valence-corrected chi connectivity index (χ2v) is 4.87. The van der Waals surface area contributed by atoms with Crippen molar-refractivity contribution < 1.29 is 0 Å². The summed E-state index contributed by atoms with van der Waals surface area (Å²) in [6.45, 7) is 6.96. The largest absolute Gasteiger partial charge is 0.351 e. The van der Waals surface area contributed by atoms with Crippen molar-refractivity contribution in [3.05, 3.63) is 17.6 Å². The van der Waals surface area contributed by atoms with E-state index < -0.39 is 0 Å². The summed E-state index contributed by atoms with van der Waals surface area (Å²) < 4.78 is 0. The van der Waals surface area contributed by atoms with E-state index in [9.17, 15) is 0 Å². The van der Waals surface area contributed by atoms with Crippen LogP contribution in [0.1, 0.15) is 44.5 Å². The topological polar surface area (TPSA) is 55.0 Å². The fraction of sp³-hybridized carbons (Fsp3) is 0.692. The Kier molecular flexibility index (Phi) is 3.62. The third-order valence-corrected chi connectivity index (χ3v) is 3.68. The van der Waals surface area contributed by atoms with Gasteiger partial charge in [-0.25, -0.2) is 9.97 Å². The predicted molar refractivity (Wildman–Crippen MR) is 69.9 cm³/mol. The quantitative estimate of drug-likeness (QED) is 0.869. The molecule has 2 unspecified atom stereocenters. The fourth-order valence-electron chi connectivity index (χ4n) is 2.70. The highest BCUT2D eigenvalue weighted by Crippen LogP contribution is 2.32. The van der Waals surface area contributed by atoms with Crippen molar-refractivity contribution in [2.45, 2.75) is 58.7 Å². The van der Waals surface area contributed by atoms with Crippen molar-refractivity contribution in [3.8, 4) is 0 Å². The number of nitrogens with two attached hydrogens (primary N) is 1. The number of nitrogens with zero attached hydrogens (tertiary/aromatic N) is 3. The molecule has 0 spiro atoms. The molecule has 1 aliphatic rings. The first-order valence-electron chi connectivity index (χ1n) is 6.48. The number of anilines is 1. The molecule has 1 aliphatic heterocycles. The molecule has 1 aromatic heterocycles. The molecular weight excluding hydrogens is 212 g/mol. The van der Waals surface area contributed by atoms with Gasteiger partial charge in [-0.15, -0.1) is 0 Å². The normalized spacial score (nSPS) is 24.4. The summed E-state index contributed by atoms with van der Waals surface area (Å²) in [6.07, 6.45) is 5.53. The standard InChI is InChI=1S/C13H22N4/c1-4-12-6-5-9(2)17(12)13-11(7-14)8-15-10(3)16-13/h8-9,12H,4-7,14H2,1-3H3. The Morgan fingerprint density at radius 2 is 2.24 bits per heavy atom. The lowest BCUT2D eigenvalue weighted by molar-refractivity contribution is 0.616. The lowest BCUT2D eigenvalue weighted by Gasteiger charge is -2.30. The van der Waals surface area contributed by atoms with Crippen LogP contribution in [-0.2, 0) is 6.54 Å². The van der Waals surface area contributed by atoms with Gasteiger partial charge in [0.2, 0.25) is 0 Å². The second-order valence-electron chi connectivity index (χ2n) is 4.87. The van der Waals surface area contributed by atoms with Crippen LogP contribution in [0.2, 0.25) is 0 Å². The van der Waals surface area contributed by atoms with E-state index in [1.165, 1.54) is 12.8 Å². The molecular formula is C13H22N4. The zero-order chi connectivity index (χ0) is 12.4. The van der Waals surface area contributed by atoms with Crippen LogP contribution in [-0.4, -0.2) is 22.1 Å². The Balaban J connectivity index is 2.40. The maximum atomic E-state index is 5.79. The minimum absolute atomic E-state index is 0.509. The van der Waals surface area contributed by atoms with Gasteiger partial charge in [-0.2, -0.15) is 0 Å². The van der Waals surface area contributed by atoms with Crippen LogP contribution in [0.3, 0.4) is 0 Å². The Morgan fingerprint density at radius 3 is 2.88 bits per heavy atom. The maximum Gasteiger partial charge on any atom is 0.137 e. The smallest absolute Gasteiger partial charge is 0.137 e. The zero-order valence-corrected chi connectivity index (χ0v) is 11.0. The van der Waals surface area contributed by atoms with Gasteiger partial charge in [-0.05, 0) is 33.1 Å². The van der Waals surface area contributed by atoms with Crippen LogP contribution in [0.15, 0.2) is 6.20 Å². The average molecular weight is 234 g/mol. The molecule has 1 aromatic rings. The predicted octanol–water partition coefficient (Wildman–Crippen LogP) is 2.01. The summed E-state index contributed by atoms with van der Waals surface area (Å²) in [4.78, 5) is 11.3. The van der Waals surface area contributed by atoms with E-state index in [0.29, 0.717) is 18.6 Å². The lowest BCUT2D eigenvalue weighted by Crippen LogP contribution is -2.36. The van der Waals surface area contributed by atoms with Crippen LogP contribution in [0.4, 0.5) is 5.82 Å². The number of hydrogen-bond donors (Lipinski definition) is 1. The number of aromatic nitrogens is 2. The first kappa shape index (κ1) is 12.3. The second kappa shape index (κ2) is 5.00. The third kappa shape index (κ3) is 2.27. The minimum atomic E-state index is 0.509. The van der Waals surface area contributed by atoms with Crippen LogP contribution in [0, 0.1) is 6.92 Å². The SMILES string of the molecule is CCC1CCC(C)N1c1nc(C)ncc1CN. The van der Waals surface area contributed by atoms with Crippen LogP contribution in [0.25, 0.3) is 0 Å². The van der Waals surface area contributed by atoms with E-state index >= 15 is 0 Å². The van der Waals surface area contributed by atoms with Gasteiger partial charge in [0.25, 0.3) is 0 Å². The molecule has 2 N–H and O–H groups in total. The van der Waals surface area contributed by atoms with Crippen molar-refractivity contribution in [1.82, 2.24) is 9.97 Å². The number of hydrogen-bond acceptors (Lipinski definition) is 4. The van der Waals surface area contributed by atoms with E-state index in [2.05, 4.69) is 28.7 Å². The van der Waals surface area contributed by atoms with E-state index in [0.717, 1.165) is 23.6 Å². The van der Waals surface area contributed by atoms with E-state index in [1.807, 2.05) is 13.1 Å². The summed E-state index contributed by atoms with van der Waals surface area (Å²) in [5, 5.41) is 0. The van der Waals surface area contributed by atoms with Gasteiger partial charge in [0.1, 0.15) is 11.6 Å². The number of rotatable bonds is 3. The van der Waals surface area contributed by atoms with Crippen molar-refractivity contribution in [3.63, 3.8) is 0 Å². The third-order valence-electron chi connectivity index (χ3n) is 3.68. The van der Waals surface area contributed by atoms with E-state index in [1.54, 1.807) is 0 Å². The summed E-state index contributed by atoms with van der Waals surface area (Å²) in [5.74, 6) is 1.88. The van der Waals surface area contributed by atoms with Crippen molar-refractivity contribution in [2.75, 3.05) is 4.90 Å². The molecule has 0 saturated carbocycles. The average Bonchev–Trinajstić information content (AvgIpc) is 2.70. The molecule has 0 radical (unpaired) electrons. The van der Waals surface area contributed by atoms with Crippen molar-refractivity contribution in [2.24, 2.45) is 5.73 Å². The number of aryl methyl sites for hydroxylation is 1. The van der Waals surface area contributed by atoms with Gasteiger partial charge in [0.15, 0.2) is 0 Å². The van der Waals surface area contributed by atoms with Crippen LogP contribution in [0.5, 0.6) is 0 Å². The molecule has 17 heavy (non-hydrogen) atoms. The molecule has 0 bridgehead atoms. The molecule has 4 nitrogen and oxygen atoms in total. The van der Waals surface area contributed by atoms with Gasteiger partial charge in [-0.1, -0.05) is 6.92 Å². The van der Waals surface area contributed by atoms with Crippen molar-refractivity contribution in [1.29, 1.82) is 0 Å². The van der Waals surface area contributed by atoms with Gasteiger partial charge >= 0.3 is 0 Å². The molecule has 4 heteroatoms. The highest BCUT2D eigenvalue weighted by atomic mass is 15.3. The zero-order valence-electron chi connectivity index (χ0n) is 11.0. The molecule has 2 rings (SSSR count). The van der Waals surface area contributed by atoms with E-state index in [4.69, 9.17) is 5.73 Å². The first-order chi connectivity index (χ1) is 8.17. The summed E-state index contributed by atoms with van der Waals surface area (Å²) >= 11 is 0. The van der Waals surface area contributed by atoms with Gasteiger partial charge in [0.05, 0.1) is 0 Å². The van der Waals surface area contributed by atoms with Crippen LogP contribution >= 0.6 is 0 Å². The summed E-state index contributed by atoms with van der Waals surface area (Å²) in [7, 11) is 0. The lowest BCUT2D eigenvalue weighted by atomic mass is 10.1. The molecule has 2 atom stereocenters. The highest BCUT2D eigenvalue weighted by Gasteiger charge is 2.31. The minimum Gasteiger partial charge on any atom is -0.351 e. The molecule has 0 aromatic carbocycles. The summed E-state index contributed by atoms with van der Waals surface area (Å²) in [5.41, 5.74) is 6.85. The fourth-order valence-corrected chi connectivity index (χ4v) is 2.70. The highest BCUT2D eigenvalue weighted by molar-refractivity contribution is 5.49. The molecule has 94 valence electrons. The van der Waals surface area contributed by atoms with Gasteiger partial charge < -0.3 is 10.6 Å². The molecule has 0 aliphatic carbocycles. The molecule has 1 fully saturated rings. The molecule has 0 amide bonds. The van der Waals surface area contributed by atoms with Crippen molar-refractivity contribution >= 4 is 5.82 Å². The molecule has 1 saturated heterocycles.